The molecule has 1 aromatic rings. The zero-order valence-corrected chi connectivity index (χ0v) is 13.1. The molecule has 0 aromatic heterocycles. The molecule has 0 radical (unpaired) electrons. The molecular formula is C16H23N3O3. The van der Waals surface area contributed by atoms with Crippen molar-refractivity contribution in [3.63, 3.8) is 0 Å². The summed E-state index contributed by atoms with van der Waals surface area (Å²) in [6.45, 7) is 3.81. The maximum Gasteiger partial charge on any atom is 0.239 e. The molecule has 1 aliphatic rings. The second-order valence-corrected chi connectivity index (χ2v) is 5.49. The molecule has 2 rings (SSSR count). The lowest BCUT2D eigenvalue weighted by atomic mass is 10.0. The molecule has 1 heterocycles. The van der Waals surface area contributed by atoms with E-state index in [9.17, 15) is 9.59 Å². The third-order valence-electron chi connectivity index (χ3n) is 3.97. The number of methoxy groups -OCH3 is 1. The van der Waals surface area contributed by atoms with Gasteiger partial charge in [0.1, 0.15) is 5.75 Å². The van der Waals surface area contributed by atoms with E-state index < -0.39 is 6.04 Å². The predicted octanol–water partition coefficient (Wildman–Crippen LogP) is 0.256. The Morgan fingerprint density at radius 3 is 2.18 bits per heavy atom. The molecular weight excluding hydrogens is 282 g/mol. The van der Waals surface area contributed by atoms with Crippen LogP contribution in [0, 0.1) is 0 Å². The highest BCUT2D eigenvalue weighted by atomic mass is 16.5. The van der Waals surface area contributed by atoms with Crippen molar-refractivity contribution in [2.75, 3.05) is 33.3 Å². The van der Waals surface area contributed by atoms with Crippen LogP contribution in [0.1, 0.15) is 12.5 Å². The van der Waals surface area contributed by atoms with E-state index in [1.54, 1.807) is 23.8 Å². The first-order valence-corrected chi connectivity index (χ1v) is 7.44. The van der Waals surface area contributed by atoms with Gasteiger partial charge in [0.05, 0.1) is 13.2 Å². The molecule has 22 heavy (non-hydrogen) atoms. The fourth-order valence-corrected chi connectivity index (χ4v) is 2.58. The SMILES string of the molecule is COc1ccc(CC(N)C(=O)N2CCN(C(C)=O)CC2)cc1. The van der Waals surface area contributed by atoms with Crippen molar-refractivity contribution < 1.29 is 14.3 Å². The summed E-state index contributed by atoms with van der Waals surface area (Å²) in [7, 11) is 1.62. The number of hydrogen-bond donors (Lipinski definition) is 1. The number of carbonyl (C=O) groups excluding carboxylic acids is 2. The lowest BCUT2D eigenvalue weighted by molar-refractivity contribution is -0.139. The van der Waals surface area contributed by atoms with Crippen LogP contribution in [0.5, 0.6) is 5.75 Å². The summed E-state index contributed by atoms with van der Waals surface area (Å²) in [5.74, 6) is 0.776. The van der Waals surface area contributed by atoms with Crippen molar-refractivity contribution in [2.45, 2.75) is 19.4 Å². The molecule has 1 unspecified atom stereocenters. The van der Waals surface area contributed by atoms with Crippen LogP contribution in [-0.2, 0) is 16.0 Å². The Balaban J connectivity index is 1.88. The van der Waals surface area contributed by atoms with Crippen LogP contribution in [0.4, 0.5) is 0 Å². The van der Waals surface area contributed by atoms with Crippen molar-refractivity contribution in [1.29, 1.82) is 0 Å². The minimum absolute atomic E-state index is 0.0506. The Morgan fingerprint density at radius 1 is 1.14 bits per heavy atom. The summed E-state index contributed by atoms with van der Waals surface area (Å²) in [6.07, 6.45) is 0.496. The molecule has 1 aromatic carbocycles. The van der Waals surface area contributed by atoms with Gasteiger partial charge in [0.15, 0.2) is 0 Å². The molecule has 6 heteroatoms. The molecule has 6 nitrogen and oxygen atoms in total. The van der Waals surface area contributed by atoms with Crippen molar-refractivity contribution in [3.8, 4) is 5.75 Å². The number of rotatable bonds is 4. The van der Waals surface area contributed by atoms with Gasteiger partial charge in [0.2, 0.25) is 11.8 Å². The lowest BCUT2D eigenvalue weighted by Gasteiger charge is -2.35. The predicted molar refractivity (Wildman–Crippen MR) is 83.5 cm³/mol. The molecule has 0 bridgehead atoms. The summed E-state index contributed by atoms with van der Waals surface area (Å²) in [5, 5.41) is 0. The average Bonchev–Trinajstić information content (AvgIpc) is 2.55. The second kappa shape index (κ2) is 7.26. The van der Waals surface area contributed by atoms with Crippen LogP contribution < -0.4 is 10.5 Å². The Kier molecular flexibility index (Phi) is 5.38. The van der Waals surface area contributed by atoms with Crippen molar-refractivity contribution in [1.82, 2.24) is 9.80 Å². The Bertz CT molecular complexity index is 522. The number of benzene rings is 1. The number of nitrogens with two attached hydrogens (primary N) is 1. The van der Waals surface area contributed by atoms with Crippen LogP contribution in [0.3, 0.4) is 0 Å². The summed E-state index contributed by atoms with van der Waals surface area (Å²) in [6, 6.07) is 6.99. The van der Waals surface area contributed by atoms with Crippen LogP contribution in [0.15, 0.2) is 24.3 Å². The number of hydrogen-bond acceptors (Lipinski definition) is 4. The van der Waals surface area contributed by atoms with E-state index in [-0.39, 0.29) is 11.8 Å². The van der Waals surface area contributed by atoms with E-state index in [4.69, 9.17) is 10.5 Å². The normalized spacial score (nSPS) is 16.3. The lowest BCUT2D eigenvalue weighted by Crippen LogP contribution is -2.54. The first kappa shape index (κ1) is 16.3. The molecule has 0 spiro atoms. The van der Waals surface area contributed by atoms with Gasteiger partial charge in [0, 0.05) is 33.1 Å². The average molecular weight is 305 g/mol. The number of piperazine rings is 1. The Morgan fingerprint density at radius 2 is 1.68 bits per heavy atom. The molecule has 0 saturated carbocycles. The molecule has 2 N–H and O–H groups in total. The standard InChI is InChI=1S/C16H23N3O3/c1-12(20)18-7-9-19(10-8-18)16(21)15(17)11-13-3-5-14(22-2)6-4-13/h3-6,15H,7-11,17H2,1-2H3. The summed E-state index contributed by atoms with van der Waals surface area (Å²) in [4.78, 5) is 27.2. The van der Waals surface area contributed by atoms with Gasteiger partial charge in [0.25, 0.3) is 0 Å². The smallest absolute Gasteiger partial charge is 0.239 e. The minimum Gasteiger partial charge on any atom is -0.497 e. The first-order valence-electron chi connectivity index (χ1n) is 7.44. The largest absolute Gasteiger partial charge is 0.497 e. The van der Waals surface area contributed by atoms with Gasteiger partial charge in [-0.05, 0) is 24.1 Å². The number of ether oxygens (including phenoxy) is 1. The van der Waals surface area contributed by atoms with E-state index in [0.717, 1.165) is 11.3 Å². The molecule has 1 aliphatic heterocycles. The third kappa shape index (κ3) is 3.98. The third-order valence-corrected chi connectivity index (χ3v) is 3.97. The van der Waals surface area contributed by atoms with Crippen molar-refractivity contribution in [3.05, 3.63) is 29.8 Å². The molecule has 0 aliphatic carbocycles. The van der Waals surface area contributed by atoms with Crippen LogP contribution in [0.25, 0.3) is 0 Å². The fraction of sp³-hybridized carbons (Fsp3) is 0.500. The highest BCUT2D eigenvalue weighted by molar-refractivity contribution is 5.82. The quantitative estimate of drug-likeness (QED) is 0.865. The van der Waals surface area contributed by atoms with E-state index in [0.29, 0.717) is 32.6 Å². The van der Waals surface area contributed by atoms with Crippen LogP contribution in [-0.4, -0.2) is 60.9 Å². The molecule has 120 valence electrons. The highest BCUT2D eigenvalue weighted by Crippen LogP contribution is 2.13. The zero-order chi connectivity index (χ0) is 16.1. The van der Waals surface area contributed by atoms with Gasteiger partial charge < -0.3 is 20.3 Å². The van der Waals surface area contributed by atoms with Gasteiger partial charge in [-0.25, -0.2) is 0 Å². The van der Waals surface area contributed by atoms with Gasteiger partial charge in [-0.1, -0.05) is 12.1 Å². The van der Waals surface area contributed by atoms with E-state index in [2.05, 4.69) is 0 Å². The Hall–Kier alpha value is -2.08. The molecule has 1 fully saturated rings. The summed E-state index contributed by atoms with van der Waals surface area (Å²) >= 11 is 0. The topological polar surface area (TPSA) is 75.9 Å². The zero-order valence-electron chi connectivity index (χ0n) is 13.1. The van der Waals surface area contributed by atoms with Crippen LogP contribution in [0.2, 0.25) is 0 Å². The first-order chi connectivity index (χ1) is 10.5. The number of amides is 2. The monoisotopic (exact) mass is 305 g/mol. The molecule has 2 amide bonds. The van der Waals surface area contributed by atoms with Gasteiger partial charge in [-0.2, -0.15) is 0 Å². The fourth-order valence-electron chi connectivity index (χ4n) is 2.58. The van der Waals surface area contributed by atoms with E-state index in [1.807, 2.05) is 24.3 Å². The maximum atomic E-state index is 12.4. The summed E-state index contributed by atoms with van der Waals surface area (Å²) < 4.78 is 5.11. The van der Waals surface area contributed by atoms with Crippen LogP contribution >= 0.6 is 0 Å². The van der Waals surface area contributed by atoms with Gasteiger partial charge >= 0.3 is 0 Å². The summed E-state index contributed by atoms with van der Waals surface area (Å²) in [5.41, 5.74) is 7.05. The highest BCUT2D eigenvalue weighted by Gasteiger charge is 2.26. The number of nitrogens with zero attached hydrogens (tertiary/aromatic N) is 2. The van der Waals surface area contributed by atoms with Crippen molar-refractivity contribution in [2.24, 2.45) is 5.73 Å². The Labute approximate surface area is 130 Å². The molecule has 1 atom stereocenters. The van der Waals surface area contributed by atoms with Gasteiger partial charge in [-0.15, -0.1) is 0 Å². The minimum atomic E-state index is -0.558. The van der Waals surface area contributed by atoms with E-state index >= 15 is 0 Å². The number of carbonyl (C=O) groups is 2. The van der Waals surface area contributed by atoms with E-state index in [1.165, 1.54) is 0 Å². The maximum absolute atomic E-state index is 12.4. The molecule has 1 saturated heterocycles. The second-order valence-electron chi connectivity index (χ2n) is 5.49. The van der Waals surface area contributed by atoms with Gasteiger partial charge in [-0.3, -0.25) is 9.59 Å². The van der Waals surface area contributed by atoms with Crippen molar-refractivity contribution >= 4 is 11.8 Å².